The summed E-state index contributed by atoms with van der Waals surface area (Å²) in [4.78, 5) is 12.1. The monoisotopic (exact) mass is 365 g/mol. The van der Waals surface area contributed by atoms with Gasteiger partial charge < -0.3 is 10.1 Å². The van der Waals surface area contributed by atoms with Gasteiger partial charge in [0.15, 0.2) is 0 Å². The zero-order chi connectivity index (χ0) is 18.3. The van der Waals surface area contributed by atoms with Crippen molar-refractivity contribution in [2.45, 2.75) is 11.3 Å². The smallest absolute Gasteiger partial charge is 0.251 e. The average molecular weight is 365 g/mol. The number of primary sulfonamides is 1. The first kappa shape index (κ1) is 18.9. The van der Waals surface area contributed by atoms with Crippen LogP contribution in [0, 0.1) is 0 Å². The zero-order valence-corrected chi connectivity index (χ0v) is 14.3. The van der Waals surface area contributed by atoms with Crippen molar-refractivity contribution in [3.63, 3.8) is 0 Å². The number of hydrogen-bond donors (Lipinski definition) is 2. The van der Waals surface area contributed by atoms with E-state index in [1.54, 1.807) is 36.4 Å². The highest BCUT2D eigenvalue weighted by atomic mass is 32.2. The number of amides is 1. The Kier molecular flexibility index (Phi) is 6.49. The van der Waals surface area contributed by atoms with Crippen LogP contribution in [-0.2, 0) is 16.4 Å². The highest BCUT2D eigenvalue weighted by Crippen LogP contribution is 2.12. The molecule has 0 aliphatic heterocycles. The summed E-state index contributed by atoms with van der Waals surface area (Å²) in [5.74, 6) is 0.266. The summed E-state index contributed by atoms with van der Waals surface area (Å²) >= 11 is 0. The molecule has 0 saturated carbocycles. The van der Waals surface area contributed by atoms with Crippen LogP contribution in [-0.4, -0.2) is 34.2 Å². The summed E-state index contributed by atoms with van der Waals surface area (Å²) in [7, 11) is -3.70. The van der Waals surface area contributed by atoms with Crippen LogP contribution in [0.1, 0.15) is 15.9 Å². The van der Waals surface area contributed by atoms with Crippen molar-refractivity contribution in [3.05, 3.63) is 59.7 Å². The van der Waals surface area contributed by atoms with Crippen molar-refractivity contribution >= 4 is 15.9 Å². The van der Waals surface area contributed by atoms with Crippen LogP contribution in [0.3, 0.4) is 0 Å². The maximum atomic E-state index is 12.0. The molecule has 25 heavy (non-hydrogen) atoms. The summed E-state index contributed by atoms with van der Waals surface area (Å²) in [6, 6.07) is 12.6. The van der Waals surface area contributed by atoms with Gasteiger partial charge in [0.25, 0.3) is 5.91 Å². The number of ether oxygens (including phenoxy) is 1. The second kappa shape index (κ2) is 8.59. The van der Waals surface area contributed by atoms with Gasteiger partial charge >= 0.3 is 0 Å². The molecule has 0 aliphatic carbocycles. The molecule has 0 fully saturated rings. The van der Waals surface area contributed by atoms with Gasteiger partial charge in [-0.1, -0.05) is 12.1 Å². The summed E-state index contributed by atoms with van der Waals surface area (Å²) in [6.07, 6.45) is 0.550. The Bertz CT molecular complexity index is 806. The molecule has 134 valence electrons. The predicted molar refractivity (Wildman–Crippen MR) is 91.8 cm³/mol. The van der Waals surface area contributed by atoms with Gasteiger partial charge in [0.1, 0.15) is 19.0 Å². The minimum absolute atomic E-state index is 0.0181. The van der Waals surface area contributed by atoms with Gasteiger partial charge in [-0.05, 0) is 48.4 Å². The normalized spacial score (nSPS) is 11.1. The average Bonchev–Trinajstić information content (AvgIpc) is 2.60. The Morgan fingerprint density at radius 1 is 1.08 bits per heavy atom. The van der Waals surface area contributed by atoms with Gasteiger partial charge in [-0.25, -0.2) is 17.9 Å². The number of carbonyl (C=O) groups excluding carboxylic acids is 1. The molecule has 1 amide bonds. The lowest BCUT2D eigenvalue weighted by atomic mass is 10.1. The molecule has 0 heterocycles. The van der Waals surface area contributed by atoms with Crippen LogP contribution >= 0.6 is 0 Å². The van der Waals surface area contributed by atoms with E-state index >= 15 is 0 Å². The first-order valence-corrected chi connectivity index (χ1v) is 9.13. The summed E-state index contributed by atoms with van der Waals surface area (Å²) in [6.45, 7) is -0.191. The van der Waals surface area contributed by atoms with E-state index in [2.05, 4.69) is 5.32 Å². The predicted octanol–water partition coefficient (Wildman–Crippen LogP) is 1.65. The Morgan fingerprint density at radius 3 is 2.28 bits per heavy atom. The lowest BCUT2D eigenvalue weighted by Crippen LogP contribution is -2.25. The number of nitrogens with two attached hydrogens (primary N) is 1. The SMILES string of the molecule is NS(=O)(=O)c1ccc(CCNC(=O)c2ccc(OCC[18F])cc2)cc1. The van der Waals surface area contributed by atoms with E-state index in [-0.39, 0.29) is 17.4 Å². The molecule has 2 aromatic rings. The van der Waals surface area contributed by atoms with E-state index in [1.165, 1.54) is 12.1 Å². The fourth-order valence-corrected chi connectivity index (χ4v) is 2.64. The first-order chi connectivity index (χ1) is 11.9. The molecule has 0 spiro atoms. The quantitative estimate of drug-likeness (QED) is 0.743. The third kappa shape index (κ3) is 5.84. The largest absolute Gasteiger partial charge is 0.491 e. The van der Waals surface area contributed by atoms with Crippen LogP contribution in [0.5, 0.6) is 5.75 Å². The number of benzene rings is 2. The maximum Gasteiger partial charge on any atom is 0.251 e. The summed E-state index contributed by atoms with van der Waals surface area (Å²) < 4.78 is 39.5. The Balaban J connectivity index is 1.83. The Labute approximate surface area is 145 Å². The number of nitrogens with one attached hydrogen (secondary N) is 1. The van der Waals surface area contributed by atoms with Gasteiger partial charge in [0, 0.05) is 12.1 Å². The molecule has 0 radical (unpaired) electrons. The second-order valence-corrected chi connectivity index (χ2v) is 6.82. The zero-order valence-electron chi connectivity index (χ0n) is 13.4. The first-order valence-electron chi connectivity index (χ1n) is 7.59. The molecule has 0 saturated heterocycles. The molecule has 0 aliphatic rings. The van der Waals surface area contributed by atoms with E-state index in [1.807, 2.05) is 0 Å². The van der Waals surface area contributed by atoms with Crippen molar-refractivity contribution in [1.82, 2.24) is 5.32 Å². The van der Waals surface area contributed by atoms with Crippen LogP contribution in [0.15, 0.2) is 53.4 Å². The van der Waals surface area contributed by atoms with Crippen molar-refractivity contribution in [2.75, 3.05) is 19.8 Å². The highest BCUT2D eigenvalue weighted by Gasteiger charge is 2.08. The molecule has 6 nitrogen and oxygen atoms in total. The highest BCUT2D eigenvalue weighted by molar-refractivity contribution is 7.89. The number of halogens is 1. The van der Waals surface area contributed by atoms with Crippen molar-refractivity contribution < 1.29 is 22.3 Å². The number of sulfonamides is 1. The van der Waals surface area contributed by atoms with Gasteiger partial charge in [0.2, 0.25) is 10.0 Å². The molecular weight excluding hydrogens is 346 g/mol. The Morgan fingerprint density at radius 2 is 1.72 bits per heavy atom. The fraction of sp³-hybridized carbons (Fsp3) is 0.235. The van der Waals surface area contributed by atoms with Crippen LogP contribution in [0.4, 0.5) is 4.39 Å². The van der Waals surface area contributed by atoms with Gasteiger partial charge in [0.05, 0.1) is 4.90 Å². The molecular formula is C17H19FN2O4S. The Hall–Kier alpha value is -2.45. The molecule has 0 unspecified atom stereocenters. The third-order valence-corrected chi connectivity index (χ3v) is 4.34. The second-order valence-electron chi connectivity index (χ2n) is 5.26. The maximum absolute atomic E-state index is 12.0. The van der Waals surface area contributed by atoms with Crippen molar-refractivity contribution in [1.29, 1.82) is 0 Å². The summed E-state index contributed by atoms with van der Waals surface area (Å²) in [5, 5.41) is 7.81. The van der Waals surface area contributed by atoms with Crippen molar-refractivity contribution in [3.8, 4) is 5.75 Å². The van der Waals surface area contributed by atoms with Crippen LogP contribution in [0.2, 0.25) is 0 Å². The number of alkyl halides is 1. The van der Waals surface area contributed by atoms with Crippen LogP contribution in [0.25, 0.3) is 0 Å². The fourth-order valence-electron chi connectivity index (χ4n) is 2.13. The molecule has 3 N–H and O–H groups in total. The number of rotatable bonds is 8. The molecule has 8 heteroatoms. The number of hydrogen-bond acceptors (Lipinski definition) is 4. The van der Waals surface area contributed by atoms with Gasteiger partial charge in [-0.3, -0.25) is 4.79 Å². The minimum atomic E-state index is -3.70. The van der Waals surface area contributed by atoms with E-state index in [0.29, 0.717) is 24.3 Å². The van der Waals surface area contributed by atoms with E-state index in [9.17, 15) is 17.6 Å². The minimum Gasteiger partial charge on any atom is -0.491 e. The van der Waals surface area contributed by atoms with Crippen molar-refractivity contribution in [2.24, 2.45) is 5.14 Å². The van der Waals surface area contributed by atoms with Crippen LogP contribution < -0.4 is 15.2 Å². The van der Waals surface area contributed by atoms with E-state index in [4.69, 9.17) is 9.88 Å². The lowest BCUT2D eigenvalue weighted by Gasteiger charge is -2.07. The van der Waals surface area contributed by atoms with Gasteiger partial charge in [-0.15, -0.1) is 0 Å². The van der Waals surface area contributed by atoms with E-state index in [0.717, 1.165) is 5.56 Å². The topological polar surface area (TPSA) is 98.5 Å². The van der Waals surface area contributed by atoms with Gasteiger partial charge in [-0.2, -0.15) is 0 Å². The molecule has 0 aromatic heterocycles. The molecule has 0 atom stereocenters. The van der Waals surface area contributed by atoms with E-state index < -0.39 is 16.7 Å². The molecule has 2 aromatic carbocycles. The molecule has 2 rings (SSSR count). The standard InChI is InChI=1S/C17H19FN2O4S/c18-10-12-24-15-5-3-14(4-6-15)17(21)20-11-9-13-1-7-16(8-2-13)25(19,22)23/h1-8H,9-12H2,(H,20,21)(H2,19,22,23)/i18-1. The lowest BCUT2D eigenvalue weighted by molar-refractivity contribution is 0.0954. The summed E-state index contributed by atoms with van der Waals surface area (Å²) in [5.41, 5.74) is 1.35. The third-order valence-electron chi connectivity index (χ3n) is 3.41. The number of carbonyl (C=O) groups is 1. The molecule has 0 bridgehead atoms.